The molecule has 2 aromatic rings. The fourth-order valence-electron chi connectivity index (χ4n) is 3.68. The zero-order valence-corrected chi connectivity index (χ0v) is 15.2. The van der Waals surface area contributed by atoms with Crippen molar-refractivity contribution < 1.29 is 22.4 Å². The van der Waals surface area contributed by atoms with Crippen LogP contribution in [0.5, 0.6) is 0 Å². The van der Waals surface area contributed by atoms with E-state index in [-0.39, 0.29) is 23.6 Å². The number of halogens is 4. The molecule has 1 aromatic carbocycles. The molecule has 0 spiro atoms. The van der Waals surface area contributed by atoms with E-state index in [1.54, 1.807) is 12.1 Å². The fourth-order valence-corrected chi connectivity index (χ4v) is 3.68. The molecule has 1 fully saturated rings. The summed E-state index contributed by atoms with van der Waals surface area (Å²) in [5.74, 6) is -0.904. The zero-order chi connectivity index (χ0) is 20.0. The smallest absolute Gasteiger partial charge is 0.359 e. The summed E-state index contributed by atoms with van der Waals surface area (Å²) in [5.41, 5.74) is -1.25. The molecule has 1 aliphatic rings. The number of alkyl halides is 3. The van der Waals surface area contributed by atoms with Crippen LogP contribution in [-0.2, 0) is 23.2 Å². The normalized spacial score (nSPS) is 21.1. The summed E-state index contributed by atoms with van der Waals surface area (Å²) in [5, 5.41) is 6.30. The highest BCUT2D eigenvalue weighted by Gasteiger charge is 2.67. The Balaban J connectivity index is 2.15. The van der Waals surface area contributed by atoms with Crippen molar-refractivity contribution in [2.45, 2.75) is 44.8 Å². The summed E-state index contributed by atoms with van der Waals surface area (Å²) >= 11 is 0. The molecule has 1 N–H and O–H groups in total. The first-order valence-corrected chi connectivity index (χ1v) is 8.47. The van der Waals surface area contributed by atoms with E-state index in [0.29, 0.717) is 6.42 Å². The molecule has 1 unspecified atom stereocenters. The maximum absolute atomic E-state index is 14.6. The van der Waals surface area contributed by atoms with Crippen LogP contribution >= 0.6 is 0 Å². The lowest BCUT2D eigenvalue weighted by atomic mass is 9.86. The third-order valence-corrected chi connectivity index (χ3v) is 5.09. The Bertz CT molecular complexity index is 874. The molecule has 0 aliphatic heterocycles. The molecular weight excluding hydrogens is 364 g/mol. The first-order chi connectivity index (χ1) is 12.5. The largest absolute Gasteiger partial charge is 0.408 e. The second-order valence-electron chi connectivity index (χ2n) is 7.42. The van der Waals surface area contributed by atoms with Crippen molar-refractivity contribution in [3.8, 4) is 0 Å². The van der Waals surface area contributed by atoms with Gasteiger partial charge in [0.15, 0.2) is 5.82 Å². The molecule has 1 aromatic heterocycles. The van der Waals surface area contributed by atoms with Crippen molar-refractivity contribution in [1.29, 1.82) is 0 Å². The monoisotopic (exact) mass is 384 g/mol. The summed E-state index contributed by atoms with van der Waals surface area (Å²) in [6.07, 6.45) is -4.35. The molecule has 9 heteroatoms. The van der Waals surface area contributed by atoms with E-state index in [9.17, 15) is 22.4 Å². The lowest BCUT2D eigenvalue weighted by molar-refractivity contribution is -0.143. The van der Waals surface area contributed by atoms with E-state index in [1.807, 2.05) is 13.8 Å². The van der Waals surface area contributed by atoms with Crippen LogP contribution in [0.15, 0.2) is 24.3 Å². The summed E-state index contributed by atoms with van der Waals surface area (Å²) < 4.78 is 54.6. The minimum Gasteiger partial charge on any atom is -0.359 e. The SMILES string of the molecule is CNC(=O)Cc1nc(C2(c3ccccc3F)CC2(C)C)n(CC(F)(F)F)n1. The third kappa shape index (κ3) is 3.42. The van der Waals surface area contributed by atoms with Crippen LogP contribution in [0.1, 0.15) is 37.5 Å². The van der Waals surface area contributed by atoms with Crippen LogP contribution in [0.25, 0.3) is 0 Å². The quantitative estimate of drug-likeness (QED) is 0.807. The average Bonchev–Trinajstić information content (AvgIpc) is 2.92. The Morgan fingerprint density at radius 1 is 1.30 bits per heavy atom. The Labute approximate surface area is 153 Å². The number of benzene rings is 1. The Morgan fingerprint density at radius 3 is 2.44 bits per heavy atom. The highest BCUT2D eigenvalue weighted by molar-refractivity contribution is 5.77. The average molecular weight is 384 g/mol. The van der Waals surface area contributed by atoms with Gasteiger partial charge in [0.05, 0.1) is 11.8 Å². The second kappa shape index (κ2) is 6.31. The van der Waals surface area contributed by atoms with Gasteiger partial charge in [-0.2, -0.15) is 18.3 Å². The van der Waals surface area contributed by atoms with Gasteiger partial charge < -0.3 is 5.32 Å². The molecule has 1 amide bonds. The van der Waals surface area contributed by atoms with Crippen LogP contribution in [0, 0.1) is 11.2 Å². The summed E-state index contributed by atoms with van der Waals surface area (Å²) in [4.78, 5) is 15.9. The third-order valence-electron chi connectivity index (χ3n) is 5.09. The number of carbonyl (C=O) groups is 1. The summed E-state index contributed by atoms with van der Waals surface area (Å²) in [6, 6.07) is 6.01. The van der Waals surface area contributed by atoms with Crippen molar-refractivity contribution in [2.24, 2.45) is 5.41 Å². The lowest BCUT2D eigenvalue weighted by Gasteiger charge is -2.22. The van der Waals surface area contributed by atoms with Crippen molar-refractivity contribution in [1.82, 2.24) is 20.1 Å². The Kier molecular flexibility index (Phi) is 4.52. The first-order valence-electron chi connectivity index (χ1n) is 8.47. The molecule has 1 aliphatic carbocycles. The van der Waals surface area contributed by atoms with E-state index >= 15 is 0 Å². The number of carbonyl (C=O) groups excluding carboxylic acids is 1. The number of hydrogen-bond acceptors (Lipinski definition) is 3. The highest BCUT2D eigenvalue weighted by atomic mass is 19.4. The molecule has 146 valence electrons. The van der Waals surface area contributed by atoms with E-state index in [1.165, 1.54) is 19.2 Å². The van der Waals surface area contributed by atoms with Gasteiger partial charge >= 0.3 is 6.18 Å². The molecule has 27 heavy (non-hydrogen) atoms. The zero-order valence-electron chi connectivity index (χ0n) is 15.2. The molecule has 0 bridgehead atoms. The van der Waals surface area contributed by atoms with Crippen LogP contribution in [0.2, 0.25) is 0 Å². The minimum absolute atomic E-state index is 0.0213. The predicted molar refractivity (Wildman–Crippen MR) is 89.4 cm³/mol. The molecule has 0 radical (unpaired) electrons. The van der Waals surface area contributed by atoms with Gasteiger partial charge in [-0.1, -0.05) is 32.0 Å². The van der Waals surface area contributed by atoms with Crippen molar-refractivity contribution in [3.63, 3.8) is 0 Å². The van der Waals surface area contributed by atoms with Gasteiger partial charge in [-0.25, -0.2) is 14.1 Å². The predicted octanol–water partition coefficient (Wildman–Crippen LogP) is 2.98. The van der Waals surface area contributed by atoms with Gasteiger partial charge in [0, 0.05) is 12.6 Å². The molecule has 1 saturated carbocycles. The molecule has 5 nitrogen and oxygen atoms in total. The Morgan fingerprint density at radius 2 is 1.93 bits per heavy atom. The second-order valence-corrected chi connectivity index (χ2v) is 7.42. The number of nitrogens with zero attached hydrogens (tertiary/aromatic N) is 3. The van der Waals surface area contributed by atoms with Gasteiger partial charge in [0.25, 0.3) is 0 Å². The lowest BCUT2D eigenvalue weighted by Crippen LogP contribution is -2.28. The van der Waals surface area contributed by atoms with E-state index in [2.05, 4.69) is 15.4 Å². The van der Waals surface area contributed by atoms with Crippen LogP contribution < -0.4 is 5.32 Å². The van der Waals surface area contributed by atoms with E-state index < -0.39 is 35.3 Å². The maximum Gasteiger partial charge on any atom is 0.408 e. The maximum atomic E-state index is 14.6. The Hall–Kier alpha value is -2.45. The molecule has 1 atom stereocenters. The number of rotatable bonds is 5. The van der Waals surface area contributed by atoms with Crippen LogP contribution in [-0.4, -0.2) is 33.9 Å². The van der Waals surface area contributed by atoms with Gasteiger partial charge in [0.2, 0.25) is 5.91 Å². The number of likely N-dealkylation sites (N-methyl/N-ethyl adjacent to an activating group) is 1. The number of aromatic nitrogens is 3. The molecule has 1 heterocycles. The standard InChI is InChI=1S/C18H20F4N4O/c1-16(2)9-17(16,11-6-4-5-7-12(11)19)15-24-13(8-14(27)23-3)25-26(15)10-18(20,21)22/h4-7H,8-10H2,1-3H3,(H,23,27). The van der Waals surface area contributed by atoms with Crippen molar-refractivity contribution in [2.75, 3.05) is 7.05 Å². The van der Waals surface area contributed by atoms with Gasteiger partial charge in [-0.15, -0.1) is 0 Å². The van der Waals surface area contributed by atoms with E-state index in [0.717, 1.165) is 4.68 Å². The number of hydrogen-bond donors (Lipinski definition) is 1. The topological polar surface area (TPSA) is 59.8 Å². The van der Waals surface area contributed by atoms with Gasteiger partial charge in [-0.3, -0.25) is 4.79 Å². The fraction of sp³-hybridized carbons (Fsp3) is 0.500. The molecule has 0 saturated heterocycles. The summed E-state index contributed by atoms with van der Waals surface area (Å²) in [6.45, 7) is 2.35. The van der Waals surface area contributed by atoms with Crippen molar-refractivity contribution >= 4 is 5.91 Å². The van der Waals surface area contributed by atoms with Gasteiger partial charge in [-0.05, 0) is 17.9 Å². The van der Waals surface area contributed by atoms with Crippen LogP contribution in [0.3, 0.4) is 0 Å². The van der Waals surface area contributed by atoms with Gasteiger partial charge in [0.1, 0.15) is 18.2 Å². The number of nitrogens with one attached hydrogen (secondary N) is 1. The molecule has 3 rings (SSSR count). The number of amides is 1. The van der Waals surface area contributed by atoms with Crippen LogP contribution in [0.4, 0.5) is 17.6 Å². The summed E-state index contributed by atoms with van der Waals surface area (Å²) in [7, 11) is 1.42. The first kappa shape index (κ1) is 19.3. The minimum atomic E-state index is -4.53. The highest BCUT2D eigenvalue weighted by Crippen LogP contribution is 2.67. The van der Waals surface area contributed by atoms with E-state index in [4.69, 9.17) is 0 Å². The molecular formula is C18H20F4N4O. The van der Waals surface area contributed by atoms with Crippen molar-refractivity contribution in [3.05, 3.63) is 47.3 Å².